The summed E-state index contributed by atoms with van der Waals surface area (Å²) in [7, 11) is 2.58. The van der Waals surface area contributed by atoms with Crippen LogP contribution in [0.5, 0.6) is 17.2 Å². The van der Waals surface area contributed by atoms with Gasteiger partial charge < -0.3 is 24.3 Å². The molecule has 0 unspecified atom stereocenters. The van der Waals surface area contributed by atoms with Gasteiger partial charge in [-0.3, -0.25) is 4.90 Å². The Balaban J connectivity index is 1.35. The number of hydrogen-bond donors (Lipinski definition) is 1. The molecular formula is C24H26F2N4O4. The summed E-state index contributed by atoms with van der Waals surface area (Å²) in [6, 6.07) is 9.19. The quantitative estimate of drug-likeness (QED) is 0.502. The first kappa shape index (κ1) is 23.7. The van der Waals surface area contributed by atoms with Crippen molar-refractivity contribution in [1.29, 1.82) is 0 Å². The van der Waals surface area contributed by atoms with Crippen molar-refractivity contribution in [3.05, 3.63) is 65.5 Å². The fourth-order valence-electron chi connectivity index (χ4n) is 3.51. The van der Waals surface area contributed by atoms with Gasteiger partial charge in [0.1, 0.15) is 6.61 Å². The normalized spacial score (nSPS) is 14.0. The van der Waals surface area contributed by atoms with Crippen molar-refractivity contribution < 1.29 is 27.7 Å². The predicted octanol–water partition coefficient (Wildman–Crippen LogP) is 3.93. The molecule has 0 bridgehead atoms. The second kappa shape index (κ2) is 11.1. The maximum Gasteiger partial charge on any atom is 0.227 e. The van der Waals surface area contributed by atoms with Crippen LogP contribution in [-0.2, 0) is 17.9 Å². The van der Waals surface area contributed by atoms with Gasteiger partial charge in [0.2, 0.25) is 5.95 Å². The highest BCUT2D eigenvalue weighted by atomic mass is 19.1. The number of anilines is 2. The van der Waals surface area contributed by atoms with E-state index in [4.69, 9.17) is 18.9 Å². The van der Waals surface area contributed by atoms with E-state index in [0.29, 0.717) is 5.95 Å². The highest BCUT2D eigenvalue weighted by Gasteiger charge is 2.20. The second-order valence-corrected chi connectivity index (χ2v) is 7.63. The number of halogens is 2. The average Bonchev–Trinajstić information content (AvgIpc) is 2.87. The number of hydrogen-bond acceptors (Lipinski definition) is 8. The molecule has 1 aliphatic heterocycles. The summed E-state index contributed by atoms with van der Waals surface area (Å²) >= 11 is 0. The molecule has 10 heteroatoms. The van der Waals surface area contributed by atoms with Gasteiger partial charge in [0.15, 0.2) is 28.9 Å². The Morgan fingerprint density at radius 3 is 2.18 bits per heavy atom. The van der Waals surface area contributed by atoms with Gasteiger partial charge in [-0.15, -0.1) is 0 Å². The molecule has 180 valence electrons. The van der Waals surface area contributed by atoms with E-state index in [2.05, 4.69) is 32.3 Å². The van der Waals surface area contributed by atoms with Gasteiger partial charge in [-0.1, -0.05) is 12.1 Å². The third kappa shape index (κ3) is 5.70. The van der Waals surface area contributed by atoms with E-state index in [9.17, 15) is 8.78 Å². The Morgan fingerprint density at radius 2 is 1.59 bits per heavy atom. The molecule has 1 aromatic heterocycles. The van der Waals surface area contributed by atoms with Gasteiger partial charge >= 0.3 is 0 Å². The number of ether oxygens (including phenoxy) is 4. The Kier molecular flexibility index (Phi) is 7.71. The van der Waals surface area contributed by atoms with Gasteiger partial charge in [0, 0.05) is 31.4 Å². The van der Waals surface area contributed by atoms with Gasteiger partial charge in [-0.2, -0.15) is 0 Å². The highest BCUT2D eigenvalue weighted by Crippen LogP contribution is 2.32. The zero-order chi connectivity index (χ0) is 23.9. The molecule has 1 fully saturated rings. The van der Waals surface area contributed by atoms with Crippen molar-refractivity contribution in [2.75, 3.05) is 45.8 Å². The lowest BCUT2D eigenvalue weighted by molar-refractivity contribution is 0.0342. The first-order chi connectivity index (χ1) is 16.6. The van der Waals surface area contributed by atoms with Crippen LogP contribution < -0.4 is 19.5 Å². The molecule has 0 saturated carbocycles. The number of aromatic nitrogens is 2. The van der Waals surface area contributed by atoms with Crippen LogP contribution in [0.1, 0.15) is 11.1 Å². The van der Waals surface area contributed by atoms with E-state index in [-0.39, 0.29) is 29.4 Å². The van der Waals surface area contributed by atoms with Gasteiger partial charge in [-0.05, 0) is 17.7 Å². The van der Waals surface area contributed by atoms with Crippen molar-refractivity contribution in [3.63, 3.8) is 0 Å². The molecule has 0 aliphatic carbocycles. The summed E-state index contributed by atoms with van der Waals surface area (Å²) in [5.74, 6) is -1.35. The molecule has 34 heavy (non-hydrogen) atoms. The van der Waals surface area contributed by atoms with E-state index < -0.39 is 11.6 Å². The van der Waals surface area contributed by atoms with Crippen LogP contribution >= 0.6 is 0 Å². The number of methoxy groups -OCH3 is 2. The number of nitrogens with one attached hydrogen (secondary N) is 1. The maximum absolute atomic E-state index is 14.5. The lowest BCUT2D eigenvalue weighted by atomic mass is 10.1. The van der Waals surface area contributed by atoms with Crippen LogP contribution in [0, 0.1) is 11.6 Å². The van der Waals surface area contributed by atoms with E-state index in [1.54, 1.807) is 0 Å². The molecule has 1 N–H and O–H groups in total. The zero-order valence-electron chi connectivity index (χ0n) is 19.0. The fraction of sp³-hybridized carbons (Fsp3) is 0.333. The van der Waals surface area contributed by atoms with Crippen LogP contribution in [0.25, 0.3) is 0 Å². The lowest BCUT2D eigenvalue weighted by Crippen LogP contribution is -2.35. The summed E-state index contributed by atoms with van der Waals surface area (Å²) in [5.41, 5.74) is 1.74. The van der Waals surface area contributed by atoms with Crippen molar-refractivity contribution in [2.45, 2.75) is 13.2 Å². The molecule has 4 rings (SSSR count). The summed E-state index contributed by atoms with van der Waals surface area (Å²) in [5, 5.41) is 3.12. The van der Waals surface area contributed by atoms with Gasteiger partial charge in [-0.25, -0.2) is 18.7 Å². The number of benzene rings is 2. The molecule has 0 radical (unpaired) electrons. The largest absolute Gasteiger partial charge is 0.494 e. The third-order valence-corrected chi connectivity index (χ3v) is 5.40. The van der Waals surface area contributed by atoms with Crippen molar-refractivity contribution in [3.8, 4) is 17.2 Å². The molecule has 1 aliphatic rings. The first-order valence-corrected chi connectivity index (χ1v) is 10.8. The van der Waals surface area contributed by atoms with Crippen molar-refractivity contribution >= 4 is 11.6 Å². The molecule has 8 nitrogen and oxygen atoms in total. The SMILES string of the molecule is COc1cc(OC)c(F)c(COc2cnc(Nc3ccc(CN4CCOCC4)cc3)nc2)c1F. The molecular weight excluding hydrogens is 446 g/mol. The molecule has 3 aromatic rings. The molecule has 2 aromatic carbocycles. The minimum atomic E-state index is -0.850. The monoisotopic (exact) mass is 472 g/mol. The van der Waals surface area contributed by atoms with Crippen LogP contribution in [0.15, 0.2) is 42.7 Å². The van der Waals surface area contributed by atoms with Gasteiger partial charge in [0.05, 0.1) is 45.4 Å². The highest BCUT2D eigenvalue weighted by molar-refractivity contribution is 5.53. The topological polar surface area (TPSA) is 78.0 Å². The Morgan fingerprint density at radius 1 is 0.971 bits per heavy atom. The molecule has 0 atom stereocenters. The van der Waals surface area contributed by atoms with Crippen LogP contribution in [0.2, 0.25) is 0 Å². The van der Waals surface area contributed by atoms with E-state index in [0.717, 1.165) is 44.6 Å². The fourth-order valence-corrected chi connectivity index (χ4v) is 3.51. The third-order valence-electron chi connectivity index (χ3n) is 5.40. The standard InChI is InChI=1S/C24H26F2N4O4/c1-31-20-11-21(32-2)23(26)19(22(20)25)15-34-18-12-27-24(28-13-18)29-17-5-3-16(4-6-17)14-30-7-9-33-10-8-30/h3-6,11-13H,7-10,14-15H2,1-2H3,(H,27,28,29). The van der Waals surface area contributed by atoms with Crippen LogP contribution in [0.4, 0.5) is 20.4 Å². The summed E-state index contributed by atoms with van der Waals surface area (Å²) < 4.78 is 49.7. The van der Waals surface area contributed by atoms with E-state index >= 15 is 0 Å². The minimum Gasteiger partial charge on any atom is -0.494 e. The maximum atomic E-state index is 14.5. The van der Waals surface area contributed by atoms with E-state index in [1.807, 2.05) is 12.1 Å². The van der Waals surface area contributed by atoms with Crippen molar-refractivity contribution in [1.82, 2.24) is 14.9 Å². The molecule has 1 saturated heterocycles. The van der Waals surface area contributed by atoms with Gasteiger partial charge in [0.25, 0.3) is 0 Å². The molecule has 0 spiro atoms. The van der Waals surface area contributed by atoms with E-state index in [1.165, 1.54) is 32.2 Å². The Labute approximate surface area is 196 Å². The minimum absolute atomic E-state index is 0.136. The smallest absolute Gasteiger partial charge is 0.227 e. The average molecular weight is 472 g/mol. The van der Waals surface area contributed by atoms with Crippen molar-refractivity contribution in [2.24, 2.45) is 0 Å². The Hall–Kier alpha value is -3.50. The molecule has 2 heterocycles. The second-order valence-electron chi connectivity index (χ2n) is 7.63. The number of nitrogens with zero attached hydrogens (tertiary/aromatic N) is 3. The summed E-state index contributed by atoms with van der Waals surface area (Å²) in [6.45, 7) is 3.92. The Bertz CT molecular complexity index is 1060. The number of morpholine rings is 1. The zero-order valence-corrected chi connectivity index (χ0v) is 19.0. The first-order valence-electron chi connectivity index (χ1n) is 10.8. The van der Waals surface area contributed by atoms with Crippen LogP contribution in [-0.4, -0.2) is 55.4 Å². The number of rotatable bonds is 9. The molecule has 0 amide bonds. The summed E-state index contributed by atoms with van der Waals surface area (Å²) in [6.07, 6.45) is 2.85. The predicted molar refractivity (Wildman–Crippen MR) is 122 cm³/mol. The lowest BCUT2D eigenvalue weighted by Gasteiger charge is -2.26. The van der Waals surface area contributed by atoms with Crippen LogP contribution in [0.3, 0.4) is 0 Å². The summed E-state index contributed by atoms with van der Waals surface area (Å²) in [4.78, 5) is 10.8.